The third-order valence-electron chi connectivity index (χ3n) is 3.00. The highest BCUT2D eigenvalue weighted by atomic mass is 35.5. The monoisotopic (exact) mass is 283 g/mol. The highest BCUT2D eigenvalue weighted by Gasteiger charge is 2.12. The molecule has 19 heavy (non-hydrogen) atoms. The summed E-state index contributed by atoms with van der Waals surface area (Å²) in [4.78, 5) is 11.8. The van der Waals surface area contributed by atoms with E-state index in [1.165, 1.54) is 25.7 Å². The van der Waals surface area contributed by atoms with Gasteiger partial charge in [0.25, 0.3) is 0 Å². The van der Waals surface area contributed by atoms with Crippen LogP contribution in [-0.4, -0.2) is 12.6 Å². The number of anilines is 1. The fraction of sp³-hybridized carbons (Fsp3) is 0.533. The molecule has 0 aromatic heterocycles. The van der Waals surface area contributed by atoms with Crippen LogP contribution in [0.1, 0.15) is 55.8 Å². The Morgan fingerprint density at radius 3 is 2.63 bits per heavy atom. The fourth-order valence-corrected chi connectivity index (χ4v) is 2.01. The van der Waals surface area contributed by atoms with E-state index in [-0.39, 0.29) is 5.69 Å². The Labute approximate surface area is 120 Å². The van der Waals surface area contributed by atoms with Crippen LogP contribution in [0.5, 0.6) is 0 Å². The molecule has 0 spiro atoms. The molecule has 0 saturated carbocycles. The molecule has 0 atom stereocenters. The zero-order valence-corrected chi connectivity index (χ0v) is 12.2. The van der Waals surface area contributed by atoms with Gasteiger partial charge in [-0.25, -0.2) is 4.79 Å². The van der Waals surface area contributed by atoms with E-state index in [2.05, 4.69) is 6.92 Å². The topological polar surface area (TPSA) is 52.3 Å². The average Bonchev–Trinajstić information content (AvgIpc) is 2.40. The summed E-state index contributed by atoms with van der Waals surface area (Å²) in [6, 6.07) is 4.98. The predicted octanol–water partition coefficient (Wildman–Crippen LogP) is 4.44. The van der Waals surface area contributed by atoms with Crippen molar-refractivity contribution >= 4 is 23.3 Å². The first-order chi connectivity index (χ1) is 9.16. The van der Waals surface area contributed by atoms with Gasteiger partial charge in [0.15, 0.2) is 0 Å². The predicted molar refractivity (Wildman–Crippen MR) is 79.5 cm³/mol. The Bertz CT molecular complexity index is 407. The van der Waals surface area contributed by atoms with Gasteiger partial charge in [0.1, 0.15) is 0 Å². The summed E-state index contributed by atoms with van der Waals surface area (Å²) in [6.45, 7) is 2.63. The van der Waals surface area contributed by atoms with E-state index in [4.69, 9.17) is 22.1 Å². The van der Waals surface area contributed by atoms with Crippen molar-refractivity contribution in [2.24, 2.45) is 0 Å². The van der Waals surface area contributed by atoms with Crippen molar-refractivity contribution in [3.05, 3.63) is 28.8 Å². The van der Waals surface area contributed by atoms with Gasteiger partial charge in [-0.05, 0) is 18.6 Å². The van der Waals surface area contributed by atoms with Crippen LogP contribution < -0.4 is 5.73 Å². The minimum absolute atomic E-state index is 0.289. The van der Waals surface area contributed by atoms with Crippen LogP contribution in [0.2, 0.25) is 5.02 Å². The molecule has 0 saturated heterocycles. The lowest BCUT2D eigenvalue weighted by Crippen LogP contribution is -2.09. The van der Waals surface area contributed by atoms with Gasteiger partial charge in [0.2, 0.25) is 0 Å². The number of unbranched alkanes of at least 4 members (excludes halogenated alkanes) is 5. The number of ether oxygens (including phenoxy) is 1. The number of hydrogen-bond donors (Lipinski definition) is 1. The molecule has 3 nitrogen and oxygen atoms in total. The smallest absolute Gasteiger partial charge is 0.340 e. The number of hydrogen-bond acceptors (Lipinski definition) is 3. The van der Waals surface area contributed by atoms with Gasteiger partial charge in [0.05, 0.1) is 22.9 Å². The minimum atomic E-state index is -0.395. The van der Waals surface area contributed by atoms with Gasteiger partial charge in [-0.15, -0.1) is 0 Å². The van der Waals surface area contributed by atoms with Crippen molar-refractivity contribution in [1.29, 1.82) is 0 Å². The maximum absolute atomic E-state index is 11.8. The maximum Gasteiger partial charge on any atom is 0.340 e. The molecule has 1 aromatic rings. The standard InChI is InChI=1S/C15H22ClNO2/c1-2-3-4-5-6-7-11-19-15(18)12-9-8-10-13(16)14(12)17/h8-10H,2-7,11,17H2,1H3. The molecule has 0 aliphatic carbocycles. The molecule has 4 heteroatoms. The number of halogens is 1. The second kappa shape index (κ2) is 8.81. The molecule has 0 radical (unpaired) electrons. The highest BCUT2D eigenvalue weighted by molar-refractivity contribution is 6.33. The van der Waals surface area contributed by atoms with E-state index >= 15 is 0 Å². The second-order valence-electron chi connectivity index (χ2n) is 4.60. The number of benzene rings is 1. The zero-order chi connectivity index (χ0) is 14.1. The van der Waals surface area contributed by atoms with Gasteiger partial charge in [0, 0.05) is 0 Å². The van der Waals surface area contributed by atoms with Gasteiger partial charge < -0.3 is 10.5 Å². The van der Waals surface area contributed by atoms with Gasteiger partial charge in [-0.3, -0.25) is 0 Å². The first-order valence-electron chi connectivity index (χ1n) is 6.88. The first-order valence-corrected chi connectivity index (χ1v) is 7.25. The number of nitrogens with two attached hydrogens (primary N) is 1. The van der Waals surface area contributed by atoms with Crippen molar-refractivity contribution in [2.75, 3.05) is 12.3 Å². The summed E-state index contributed by atoms with van der Waals surface area (Å²) < 4.78 is 5.19. The molecule has 0 amide bonds. The number of rotatable bonds is 8. The molecule has 0 heterocycles. The molecule has 106 valence electrons. The number of esters is 1. The van der Waals surface area contributed by atoms with Crippen LogP contribution in [0.15, 0.2) is 18.2 Å². The second-order valence-corrected chi connectivity index (χ2v) is 5.01. The van der Waals surface area contributed by atoms with Crippen LogP contribution in [0.4, 0.5) is 5.69 Å². The van der Waals surface area contributed by atoms with Gasteiger partial charge in [-0.2, -0.15) is 0 Å². The Morgan fingerprint density at radius 1 is 1.21 bits per heavy atom. The largest absolute Gasteiger partial charge is 0.462 e. The number of para-hydroxylation sites is 1. The van der Waals surface area contributed by atoms with E-state index in [1.807, 2.05) is 0 Å². The molecule has 1 rings (SSSR count). The number of carbonyl (C=O) groups excluding carboxylic acids is 1. The summed E-state index contributed by atoms with van der Waals surface area (Å²) in [7, 11) is 0. The van der Waals surface area contributed by atoms with Crippen LogP contribution >= 0.6 is 11.6 Å². The van der Waals surface area contributed by atoms with Crippen LogP contribution in [0.3, 0.4) is 0 Å². The number of nitrogen functional groups attached to an aromatic ring is 1. The Balaban J connectivity index is 2.26. The van der Waals surface area contributed by atoms with E-state index in [1.54, 1.807) is 18.2 Å². The summed E-state index contributed by atoms with van der Waals surface area (Å²) in [6.07, 6.45) is 6.96. The Morgan fingerprint density at radius 2 is 1.89 bits per heavy atom. The fourth-order valence-electron chi connectivity index (χ4n) is 1.84. The van der Waals surface area contributed by atoms with Crippen LogP contribution in [-0.2, 0) is 4.74 Å². The van der Waals surface area contributed by atoms with E-state index in [0.717, 1.165) is 12.8 Å². The molecule has 2 N–H and O–H groups in total. The highest BCUT2D eigenvalue weighted by Crippen LogP contribution is 2.23. The van der Waals surface area contributed by atoms with Crippen LogP contribution in [0.25, 0.3) is 0 Å². The van der Waals surface area contributed by atoms with Crippen LogP contribution in [0, 0.1) is 0 Å². The average molecular weight is 284 g/mol. The molecular weight excluding hydrogens is 262 g/mol. The van der Waals surface area contributed by atoms with Gasteiger partial charge in [-0.1, -0.05) is 56.7 Å². The minimum Gasteiger partial charge on any atom is -0.462 e. The van der Waals surface area contributed by atoms with E-state index in [0.29, 0.717) is 17.2 Å². The van der Waals surface area contributed by atoms with Crippen molar-refractivity contribution in [3.8, 4) is 0 Å². The van der Waals surface area contributed by atoms with E-state index < -0.39 is 5.97 Å². The van der Waals surface area contributed by atoms with Crippen molar-refractivity contribution in [1.82, 2.24) is 0 Å². The normalized spacial score (nSPS) is 10.4. The summed E-state index contributed by atoms with van der Waals surface area (Å²) >= 11 is 5.86. The van der Waals surface area contributed by atoms with Crippen molar-refractivity contribution < 1.29 is 9.53 Å². The van der Waals surface area contributed by atoms with E-state index in [9.17, 15) is 4.79 Å². The first kappa shape index (κ1) is 15.8. The number of carbonyl (C=O) groups is 1. The molecular formula is C15H22ClNO2. The maximum atomic E-state index is 11.8. The van der Waals surface area contributed by atoms with Gasteiger partial charge >= 0.3 is 5.97 Å². The molecule has 0 aliphatic rings. The lowest BCUT2D eigenvalue weighted by molar-refractivity contribution is 0.0499. The molecule has 0 bridgehead atoms. The van der Waals surface area contributed by atoms with Crippen molar-refractivity contribution in [2.45, 2.75) is 45.4 Å². The zero-order valence-electron chi connectivity index (χ0n) is 11.5. The lowest BCUT2D eigenvalue weighted by Gasteiger charge is -2.07. The molecule has 0 fully saturated rings. The van der Waals surface area contributed by atoms with Crippen molar-refractivity contribution in [3.63, 3.8) is 0 Å². The Kier molecular flexibility index (Phi) is 7.34. The molecule has 0 aliphatic heterocycles. The SMILES string of the molecule is CCCCCCCCOC(=O)c1cccc(Cl)c1N. The third kappa shape index (κ3) is 5.52. The molecule has 1 aromatic carbocycles. The summed E-state index contributed by atoms with van der Waals surface area (Å²) in [5.74, 6) is -0.395. The third-order valence-corrected chi connectivity index (χ3v) is 3.33. The lowest BCUT2D eigenvalue weighted by atomic mass is 10.1. The quantitative estimate of drug-likeness (QED) is 0.436. The summed E-state index contributed by atoms with van der Waals surface area (Å²) in [5.41, 5.74) is 6.37. The molecule has 0 unspecified atom stereocenters. The summed E-state index contributed by atoms with van der Waals surface area (Å²) in [5, 5.41) is 0.383. The Hall–Kier alpha value is -1.22.